The first-order valence-corrected chi connectivity index (χ1v) is 14.9. The first-order valence-electron chi connectivity index (χ1n) is 14.9. The van der Waals surface area contributed by atoms with Gasteiger partial charge in [0.2, 0.25) is 17.7 Å². The van der Waals surface area contributed by atoms with E-state index < -0.39 is 29.8 Å². The predicted octanol–water partition coefficient (Wildman–Crippen LogP) is 0.984. The van der Waals surface area contributed by atoms with E-state index in [-0.39, 0.29) is 56.5 Å². The molecule has 2 bridgehead atoms. The third kappa shape index (κ3) is 9.26. The van der Waals surface area contributed by atoms with Crippen molar-refractivity contribution >= 4 is 23.6 Å². The highest BCUT2D eigenvalue weighted by molar-refractivity contribution is 5.93. The number of hydrogen-bond donors (Lipinski definition) is 4. The number of fused-ring (bicyclic) bond motifs is 4. The van der Waals surface area contributed by atoms with Gasteiger partial charge in [0.25, 0.3) is 5.91 Å². The molecule has 2 aliphatic rings. The van der Waals surface area contributed by atoms with Crippen LogP contribution in [0.3, 0.4) is 0 Å². The zero-order chi connectivity index (χ0) is 30.8. The van der Waals surface area contributed by atoms with Crippen molar-refractivity contribution in [2.24, 2.45) is 5.92 Å². The number of rotatable bonds is 7. The molecule has 2 aliphatic heterocycles. The van der Waals surface area contributed by atoms with Crippen molar-refractivity contribution in [1.29, 1.82) is 0 Å². The standard InChI is InChI=1S/C32H43N5O6/c1-21(2)14-27-32(41)37(12-13-42-3)19-29(38)34-26(15-22-8-5-4-6-9-22)31(40)36-28-18-33-17-25(28)23-10-7-11-24(16-23)43-20-30(39)35-27/h4-11,16,21,25-28,33H,12-15,17-20H2,1-3H3,(H,34,38)(H,35,39)(H,36,40)/t25-,26-,27+,28+/m0/s1. The lowest BCUT2D eigenvalue weighted by Gasteiger charge is -2.29. The van der Waals surface area contributed by atoms with Gasteiger partial charge in [-0.05, 0) is 35.6 Å². The van der Waals surface area contributed by atoms with Crippen molar-refractivity contribution in [3.63, 3.8) is 0 Å². The van der Waals surface area contributed by atoms with Crippen LogP contribution in [0.2, 0.25) is 0 Å². The summed E-state index contributed by atoms with van der Waals surface area (Å²) in [7, 11) is 1.51. The molecule has 11 heteroatoms. The Labute approximate surface area is 253 Å². The maximum Gasteiger partial charge on any atom is 0.258 e. The van der Waals surface area contributed by atoms with Gasteiger partial charge in [-0.1, -0.05) is 56.3 Å². The summed E-state index contributed by atoms with van der Waals surface area (Å²) in [5, 5.41) is 12.2. The molecule has 0 saturated carbocycles. The van der Waals surface area contributed by atoms with E-state index in [1.165, 1.54) is 12.0 Å². The summed E-state index contributed by atoms with van der Waals surface area (Å²) in [4.78, 5) is 55.2. The van der Waals surface area contributed by atoms with Crippen LogP contribution in [-0.4, -0.2) is 93.2 Å². The maximum absolute atomic E-state index is 13.7. The summed E-state index contributed by atoms with van der Waals surface area (Å²) >= 11 is 0. The number of methoxy groups -OCH3 is 1. The number of nitrogens with one attached hydrogen (secondary N) is 4. The van der Waals surface area contributed by atoms with E-state index in [1.54, 1.807) is 6.07 Å². The molecule has 0 aromatic heterocycles. The minimum atomic E-state index is -0.866. The average Bonchev–Trinajstić information content (AvgIpc) is 3.45. The molecule has 4 rings (SSSR count). The topological polar surface area (TPSA) is 138 Å². The van der Waals surface area contributed by atoms with Crippen LogP contribution >= 0.6 is 0 Å². The van der Waals surface area contributed by atoms with Gasteiger partial charge in [0.15, 0.2) is 6.61 Å². The van der Waals surface area contributed by atoms with Gasteiger partial charge in [-0.25, -0.2) is 0 Å². The molecule has 1 saturated heterocycles. The number of hydrogen-bond acceptors (Lipinski definition) is 7. The molecule has 4 atom stereocenters. The fourth-order valence-corrected chi connectivity index (χ4v) is 5.54. The Morgan fingerprint density at radius 2 is 1.70 bits per heavy atom. The molecule has 11 nitrogen and oxygen atoms in total. The predicted molar refractivity (Wildman–Crippen MR) is 161 cm³/mol. The van der Waals surface area contributed by atoms with Crippen LogP contribution in [0.1, 0.15) is 37.3 Å². The van der Waals surface area contributed by atoms with Gasteiger partial charge in [-0.2, -0.15) is 0 Å². The lowest BCUT2D eigenvalue weighted by molar-refractivity contribution is -0.141. The molecule has 4 N–H and O–H groups in total. The Balaban J connectivity index is 1.67. The molecule has 0 unspecified atom stereocenters. The van der Waals surface area contributed by atoms with E-state index in [1.807, 2.05) is 62.4 Å². The van der Waals surface area contributed by atoms with Crippen LogP contribution < -0.4 is 26.0 Å². The second-order valence-electron chi connectivity index (χ2n) is 11.6. The van der Waals surface area contributed by atoms with E-state index in [4.69, 9.17) is 9.47 Å². The van der Waals surface area contributed by atoms with Crippen LogP contribution in [0, 0.1) is 5.92 Å². The highest BCUT2D eigenvalue weighted by atomic mass is 16.5. The summed E-state index contributed by atoms with van der Waals surface area (Å²) in [6.07, 6.45) is 0.658. The van der Waals surface area contributed by atoms with Crippen molar-refractivity contribution in [2.75, 3.05) is 46.5 Å². The molecule has 2 aromatic rings. The molecule has 0 radical (unpaired) electrons. The molecule has 0 spiro atoms. The van der Waals surface area contributed by atoms with Crippen molar-refractivity contribution in [3.05, 3.63) is 65.7 Å². The fourth-order valence-electron chi connectivity index (χ4n) is 5.54. The van der Waals surface area contributed by atoms with Gasteiger partial charge in [0.05, 0.1) is 13.2 Å². The number of ether oxygens (including phenoxy) is 2. The molecule has 0 aliphatic carbocycles. The zero-order valence-electron chi connectivity index (χ0n) is 25.1. The Morgan fingerprint density at radius 3 is 2.44 bits per heavy atom. The second-order valence-corrected chi connectivity index (χ2v) is 11.6. The van der Waals surface area contributed by atoms with E-state index in [9.17, 15) is 19.2 Å². The Kier molecular flexibility index (Phi) is 11.5. The second kappa shape index (κ2) is 15.5. The Hall–Kier alpha value is -3.96. The minimum Gasteiger partial charge on any atom is -0.484 e. The third-order valence-electron chi connectivity index (χ3n) is 7.68. The Morgan fingerprint density at radius 1 is 0.930 bits per heavy atom. The van der Waals surface area contributed by atoms with Gasteiger partial charge >= 0.3 is 0 Å². The number of amides is 4. The normalized spacial score (nSPS) is 23.9. The van der Waals surface area contributed by atoms with Crippen LogP contribution in [0.4, 0.5) is 0 Å². The molecule has 4 amide bonds. The molecule has 1 fully saturated rings. The van der Waals surface area contributed by atoms with Crippen LogP contribution in [0.5, 0.6) is 5.75 Å². The van der Waals surface area contributed by atoms with Crippen LogP contribution in [0.15, 0.2) is 54.6 Å². The van der Waals surface area contributed by atoms with E-state index in [2.05, 4.69) is 21.3 Å². The minimum absolute atomic E-state index is 0.0362. The van der Waals surface area contributed by atoms with Crippen molar-refractivity contribution in [3.8, 4) is 5.75 Å². The number of benzene rings is 2. The molecule has 2 heterocycles. The molecule has 232 valence electrons. The third-order valence-corrected chi connectivity index (χ3v) is 7.68. The summed E-state index contributed by atoms with van der Waals surface area (Å²) in [6.45, 7) is 4.90. The summed E-state index contributed by atoms with van der Waals surface area (Å²) in [5.41, 5.74) is 1.85. The SMILES string of the molecule is COCCN1CC(=O)N[C@@H](Cc2ccccc2)C(=O)N[C@@H]2CNC[C@H]2c2cccc(c2)OCC(=O)N[C@H](CC(C)C)C1=O. The van der Waals surface area contributed by atoms with Gasteiger partial charge in [-0.3, -0.25) is 19.2 Å². The van der Waals surface area contributed by atoms with Gasteiger partial charge < -0.3 is 35.6 Å². The van der Waals surface area contributed by atoms with Gasteiger partial charge in [-0.15, -0.1) is 0 Å². The van der Waals surface area contributed by atoms with Gasteiger partial charge in [0.1, 0.15) is 17.8 Å². The van der Waals surface area contributed by atoms with Gasteiger partial charge in [0, 0.05) is 45.1 Å². The van der Waals surface area contributed by atoms with Crippen LogP contribution in [0.25, 0.3) is 0 Å². The maximum atomic E-state index is 13.7. The molecule has 2 aromatic carbocycles. The van der Waals surface area contributed by atoms with E-state index in [0.717, 1.165) is 11.1 Å². The van der Waals surface area contributed by atoms with Crippen LogP contribution in [-0.2, 0) is 30.3 Å². The monoisotopic (exact) mass is 593 g/mol. The number of nitrogens with zero attached hydrogens (tertiary/aromatic N) is 1. The molecular weight excluding hydrogens is 550 g/mol. The number of carbonyl (C=O) groups excluding carboxylic acids is 4. The fraction of sp³-hybridized carbons (Fsp3) is 0.500. The molecule has 43 heavy (non-hydrogen) atoms. The van der Waals surface area contributed by atoms with E-state index >= 15 is 0 Å². The smallest absolute Gasteiger partial charge is 0.258 e. The first-order chi connectivity index (χ1) is 20.7. The summed E-state index contributed by atoms with van der Waals surface area (Å²) in [5.74, 6) is -1.04. The number of carbonyl (C=O) groups is 4. The highest BCUT2D eigenvalue weighted by Crippen LogP contribution is 2.26. The largest absolute Gasteiger partial charge is 0.484 e. The lowest BCUT2D eigenvalue weighted by atomic mass is 9.93. The average molecular weight is 594 g/mol. The van der Waals surface area contributed by atoms with Crippen molar-refractivity contribution in [1.82, 2.24) is 26.2 Å². The van der Waals surface area contributed by atoms with Crippen molar-refractivity contribution in [2.45, 2.75) is 50.7 Å². The Bertz CT molecular complexity index is 1260. The quantitative estimate of drug-likeness (QED) is 0.376. The lowest BCUT2D eigenvalue weighted by Crippen LogP contribution is -2.56. The summed E-state index contributed by atoms with van der Waals surface area (Å²) in [6, 6.07) is 15.0. The van der Waals surface area contributed by atoms with E-state index in [0.29, 0.717) is 25.3 Å². The molecular formula is C32H43N5O6. The first kappa shape index (κ1) is 32.0. The zero-order valence-corrected chi connectivity index (χ0v) is 25.1. The summed E-state index contributed by atoms with van der Waals surface area (Å²) < 4.78 is 11.0. The highest BCUT2D eigenvalue weighted by Gasteiger charge is 2.34. The van der Waals surface area contributed by atoms with Crippen molar-refractivity contribution < 1.29 is 28.7 Å².